The lowest BCUT2D eigenvalue weighted by Gasteiger charge is -2.35. The topological polar surface area (TPSA) is 89.2 Å². The highest BCUT2D eigenvalue weighted by Crippen LogP contribution is 2.37. The number of pyridine rings is 1. The maximum Gasteiger partial charge on any atom is 0.282 e. The summed E-state index contributed by atoms with van der Waals surface area (Å²) in [6.45, 7) is 8.51. The first kappa shape index (κ1) is 33.1. The summed E-state index contributed by atoms with van der Waals surface area (Å²) >= 11 is 7.84. The smallest absolute Gasteiger partial charge is 0.282 e. The lowest BCUT2D eigenvalue weighted by molar-refractivity contribution is -0.128. The Balaban J connectivity index is 0.000000427. The summed E-state index contributed by atoms with van der Waals surface area (Å²) in [4.78, 5) is 31.0. The SMILES string of the molecule is C=C(F)C(=O)N1CCN(c2nc(SC)nc3cc(-c4cccc5cccc(Cl)c45)c(F)nc23)CC1.CC#N.CN1CCCC1. The van der Waals surface area contributed by atoms with E-state index in [1.807, 2.05) is 41.5 Å². The second kappa shape index (κ2) is 15.2. The number of anilines is 1. The highest BCUT2D eigenvalue weighted by molar-refractivity contribution is 7.98. The summed E-state index contributed by atoms with van der Waals surface area (Å²) < 4.78 is 28.8. The number of amides is 1. The molecule has 0 aliphatic carbocycles. The van der Waals surface area contributed by atoms with E-state index in [0.717, 1.165) is 10.8 Å². The Bertz CT molecular complexity index is 1690. The fraction of sp³-hybridized carbons (Fsp3) is 0.344. The van der Waals surface area contributed by atoms with Crippen LogP contribution in [0.1, 0.15) is 19.8 Å². The highest BCUT2D eigenvalue weighted by atomic mass is 35.5. The van der Waals surface area contributed by atoms with Crippen LogP contribution >= 0.6 is 23.4 Å². The standard InChI is InChI=1S/C25H20ClF2N5OS.C5H11N.C2H3N/c1-14(27)24(34)33-11-9-32(10-12-33)23-21-19(29-25(31-23)35-2)13-17(22(28)30-21)16-7-3-5-15-6-4-8-18(26)20(15)16;1-6-4-2-3-5-6;1-2-3/h3-8,13H,1,9-12H2,2H3;2-5H2,1H3;1H3. The van der Waals surface area contributed by atoms with Crippen LogP contribution in [-0.2, 0) is 4.79 Å². The third-order valence-electron chi connectivity index (χ3n) is 7.34. The Kier molecular flexibility index (Phi) is 11.4. The number of halogens is 3. The Morgan fingerprint density at radius 2 is 1.66 bits per heavy atom. The number of hydrogen-bond acceptors (Lipinski definition) is 8. The van der Waals surface area contributed by atoms with E-state index >= 15 is 4.39 Å². The van der Waals surface area contributed by atoms with Crippen molar-refractivity contribution >= 4 is 56.9 Å². The summed E-state index contributed by atoms with van der Waals surface area (Å²) in [5.74, 6) is -1.88. The number of carbonyl (C=O) groups excluding carboxylic acids is 1. The van der Waals surface area contributed by atoms with Gasteiger partial charge in [-0.25, -0.2) is 19.3 Å². The molecule has 2 saturated heterocycles. The maximum atomic E-state index is 15.5. The molecular weight excluding hydrogens is 604 g/mol. The maximum absolute atomic E-state index is 15.5. The predicted molar refractivity (Wildman–Crippen MR) is 174 cm³/mol. The molecule has 0 spiro atoms. The molecule has 0 bridgehead atoms. The normalized spacial score (nSPS) is 14.8. The molecule has 44 heavy (non-hydrogen) atoms. The fourth-order valence-electron chi connectivity index (χ4n) is 5.19. The number of nitriles is 1. The minimum Gasteiger partial charge on any atom is -0.351 e. The molecule has 8 nitrogen and oxygen atoms in total. The molecule has 2 aromatic heterocycles. The van der Waals surface area contributed by atoms with Crippen LogP contribution in [-0.4, -0.2) is 83.2 Å². The van der Waals surface area contributed by atoms with Crippen molar-refractivity contribution in [1.82, 2.24) is 24.8 Å². The molecule has 2 fully saturated rings. The molecule has 6 rings (SSSR count). The minimum atomic E-state index is -0.986. The molecule has 12 heteroatoms. The number of rotatable bonds is 4. The summed E-state index contributed by atoms with van der Waals surface area (Å²) in [5, 5.41) is 9.99. The Morgan fingerprint density at radius 1 is 1.02 bits per heavy atom. The van der Waals surface area contributed by atoms with Gasteiger partial charge >= 0.3 is 0 Å². The number of thioether (sulfide) groups is 1. The van der Waals surface area contributed by atoms with Gasteiger partial charge in [-0.2, -0.15) is 9.65 Å². The van der Waals surface area contributed by atoms with Gasteiger partial charge in [-0.3, -0.25) is 4.79 Å². The van der Waals surface area contributed by atoms with Gasteiger partial charge in [0.05, 0.1) is 11.6 Å². The van der Waals surface area contributed by atoms with Gasteiger partial charge in [0, 0.05) is 49.1 Å². The summed E-state index contributed by atoms with van der Waals surface area (Å²) in [7, 11) is 2.17. The van der Waals surface area contributed by atoms with Crippen molar-refractivity contribution in [3.63, 3.8) is 0 Å². The summed E-state index contributed by atoms with van der Waals surface area (Å²) in [5.41, 5.74) is 1.75. The lowest BCUT2D eigenvalue weighted by atomic mass is 9.99. The van der Waals surface area contributed by atoms with Crippen LogP contribution in [0, 0.1) is 17.3 Å². The van der Waals surface area contributed by atoms with Gasteiger partial charge in [-0.15, -0.1) is 0 Å². The van der Waals surface area contributed by atoms with Crippen LogP contribution in [0.25, 0.3) is 32.9 Å². The number of hydrogen-bond donors (Lipinski definition) is 0. The van der Waals surface area contributed by atoms with E-state index < -0.39 is 17.7 Å². The quantitative estimate of drug-likeness (QED) is 0.105. The molecule has 4 heterocycles. The predicted octanol–water partition coefficient (Wildman–Crippen LogP) is 6.73. The number of aromatic nitrogens is 3. The van der Waals surface area contributed by atoms with E-state index in [4.69, 9.17) is 16.9 Å². The Hall–Kier alpha value is -3.85. The van der Waals surface area contributed by atoms with Gasteiger partial charge in [-0.05, 0) is 62.3 Å². The number of fused-ring (bicyclic) bond motifs is 2. The van der Waals surface area contributed by atoms with Crippen molar-refractivity contribution in [2.24, 2.45) is 0 Å². The first-order valence-corrected chi connectivity index (χ1v) is 15.8. The van der Waals surface area contributed by atoms with E-state index in [2.05, 4.69) is 33.5 Å². The van der Waals surface area contributed by atoms with Crippen molar-refractivity contribution in [1.29, 1.82) is 5.26 Å². The number of benzene rings is 2. The van der Waals surface area contributed by atoms with Crippen LogP contribution in [0.4, 0.5) is 14.6 Å². The lowest BCUT2D eigenvalue weighted by Crippen LogP contribution is -2.49. The molecule has 0 radical (unpaired) electrons. The molecule has 0 N–H and O–H groups in total. The average molecular weight is 638 g/mol. The summed E-state index contributed by atoms with van der Waals surface area (Å²) in [6.07, 6.45) is 4.68. The Morgan fingerprint density at radius 3 is 2.23 bits per heavy atom. The monoisotopic (exact) mass is 637 g/mol. The van der Waals surface area contributed by atoms with E-state index in [1.54, 1.807) is 18.2 Å². The van der Waals surface area contributed by atoms with Crippen LogP contribution < -0.4 is 4.90 Å². The number of nitrogens with zero attached hydrogens (tertiary/aromatic N) is 7. The van der Waals surface area contributed by atoms with E-state index in [0.29, 0.717) is 51.2 Å². The summed E-state index contributed by atoms with van der Waals surface area (Å²) in [6, 6.07) is 14.6. The van der Waals surface area contributed by atoms with Crippen LogP contribution in [0.3, 0.4) is 0 Å². The molecule has 0 unspecified atom stereocenters. The second-order valence-corrected chi connectivity index (χ2v) is 11.5. The van der Waals surface area contributed by atoms with Gasteiger partial charge < -0.3 is 14.7 Å². The third-order valence-corrected chi connectivity index (χ3v) is 8.20. The van der Waals surface area contributed by atoms with Crippen LogP contribution in [0.15, 0.2) is 60.0 Å². The molecule has 2 aromatic carbocycles. The van der Waals surface area contributed by atoms with E-state index in [-0.39, 0.29) is 13.1 Å². The molecule has 0 atom stereocenters. The van der Waals surface area contributed by atoms with Gasteiger partial charge in [0.2, 0.25) is 5.95 Å². The highest BCUT2D eigenvalue weighted by Gasteiger charge is 2.26. The third kappa shape index (κ3) is 7.62. The van der Waals surface area contributed by atoms with Gasteiger partial charge in [0.1, 0.15) is 5.52 Å². The van der Waals surface area contributed by atoms with Crippen molar-refractivity contribution in [2.45, 2.75) is 24.9 Å². The van der Waals surface area contributed by atoms with Crippen molar-refractivity contribution in [3.8, 4) is 17.2 Å². The first-order valence-electron chi connectivity index (χ1n) is 14.2. The molecule has 2 aliphatic rings. The van der Waals surface area contributed by atoms with Crippen molar-refractivity contribution < 1.29 is 13.6 Å². The van der Waals surface area contributed by atoms with E-state index in [1.165, 1.54) is 49.5 Å². The molecule has 230 valence electrons. The number of piperazine rings is 1. The fourth-order valence-corrected chi connectivity index (χ4v) is 5.84. The van der Waals surface area contributed by atoms with Crippen LogP contribution in [0.5, 0.6) is 0 Å². The zero-order valence-electron chi connectivity index (χ0n) is 25.0. The minimum absolute atomic E-state index is 0.289. The van der Waals surface area contributed by atoms with Crippen LogP contribution in [0.2, 0.25) is 5.02 Å². The molecular formula is C32H34ClF2N7OS. The molecule has 0 saturated carbocycles. The second-order valence-electron chi connectivity index (χ2n) is 10.3. The van der Waals surface area contributed by atoms with Gasteiger partial charge in [0.25, 0.3) is 5.91 Å². The van der Waals surface area contributed by atoms with E-state index in [9.17, 15) is 9.18 Å². The van der Waals surface area contributed by atoms with Gasteiger partial charge in [0.15, 0.2) is 16.8 Å². The van der Waals surface area contributed by atoms with Gasteiger partial charge in [-0.1, -0.05) is 60.3 Å². The molecule has 4 aromatic rings. The molecule has 1 amide bonds. The number of carbonyl (C=O) groups is 1. The first-order chi connectivity index (χ1) is 21.2. The largest absolute Gasteiger partial charge is 0.351 e. The van der Waals surface area contributed by atoms with Crippen molar-refractivity contribution in [2.75, 3.05) is 57.5 Å². The zero-order chi connectivity index (χ0) is 31.8. The number of likely N-dealkylation sites (tertiary alicyclic amines) is 1. The zero-order valence-corrected chi connectivity index (χ0v) is 26.6. The van der Waals surface area contributed by atoms with Crippen molar-refractivity contribution in [3.05, 3.63) is 65.8 Å². The molecule has 2 aliphatic heterocycles. The Labute approximate surface area is 265 Å². The average Bonchev–Trinajstić information content (AvgIpc) is 3.51.